The summed E-state index contributed by atoms with van der Waals surface area (Å²) >= 11 is 4.33. The molecule has 0 nitrogen and oxygen atoms in total. The quantitative estimate of drug-likeness (QED) is 0.400. The number of thiol groups is 1. The van der Waals surface area contributed by atoms with Crippen molar-refractivity contribution in [3.8, 4) is 0 Å². The van der Waals surface area contributed by atoms with Gasteiger partial charge < -0.3 is 0 Å². The highest BCUT2D eigenvalue weighted by atomic mass is 33.1. The van der Waals surface area contributed by atoms with Crippen molar-refractivity contribution >= 4 is 34.2 Å². The minimum absolute atomic E-state index is 0.0453. The lowest BCUT2D eigenvalue weighted by molar-refractivity contribution is 1.05. The second-order valence-corrected chi connectivity index (χ2v) is 6.79. The van der Waals surface area contributed by atoms with Gasteiger partial charge in [0.2, 0.25) is 0 Å². The Kier molecular flexibility index (Phi) is 4.17. The third-order valence-electron chi connectivity index (χ3n) is 0.388. The van der Waals surface area contributed by atoms with Crippen molar-refractivity contribution in [2.45, 2.75) is 24.9 Å². The molecule has 54 valence electrons. The average molecular weight is 180 g/mol. The maximum Gasteiger partial charge on any atom is 0.0632 e. The molecule has 0 amide bonds. The van der Waals surface area contributed by atoms with Crippen LogP contribution in [0.5, 0.6) is 0 Å². The fourth-order valence-corrected chi connectivity index (χ4v) is 1.89. The molecule has 9 heavy (non-hydrogen) atoms. The van der Waals surface area contributed by atoms with Gasteiger partial charge >= 0.3 is 0 Å². The summed E-state index contributed by atoms with van der Waals surface area (Å²) in [5.74, 6) is 0. The van der Waals surface area contributed by atoms with Crippen molar-refractivity contribution in [2.75, 3.05) is 0 Å². The van der Waals surface area contributed by atoms with Crippen LogP contribution < -0.4 is 0 Å². The molecule has 0 aliphatic rings. The normalized spacial score (nSPS) is 11.6. The SMILES string of the molecule is C=C(C)SSC(C)(C)S. The summed E-state index contributed by atoms with van der Waals surface area (Å²) < 4.78 is 0.0453. The van der Waals surface area contributed by atoms with Crippen LogP contribution in [0.25, 0.3) is 0 Å². The molecule has 0 fully saturated rings. The second-order valence-electron chi connectivity index (χ2n) is 2.32. The number of hydrogen-bond acceptors (Lipinski definition) is 3. The van der Waals surface area contributed by atoms with E-state index in [9.17, 15) is 0 Å². The van der Waals surface area contributed by atoms with E-state index in [2.05, 4.69) is 33.1 Å². The van der Waals surface area contributed by atoms with E-state index in [1.807, 2.05) is 6.92 Å². The van der Waals surface area contributed by atoms with Gasteiger partial charge in [-0.15, -0.1) is 0 Å². The fourth-order valence-electron chi connectivity index (χ4n) is 0.173. The largest absolute Gasteiger partial charge is 0.161 e. The Morgan fingerprint density at radius 3 is 2.11 bits per heavy atom. The minimum Gasteiger partial charge on any atom is -0.161 e. The van der Waals surface area contributed by atoms with E-state index in [1.54, 1.807) is 21.6 Å². The predicted octanol–water partition coefficient (Wildman–Crippen LogP) is 3.57. The van der Waals surface area contributed by atoms with E-state index in [0.717, 1.165) is 4.91 Å². The van der Waals surface area contributed by atoms with E-state index in [4.69, 9.17) is 0 Å². The Balaban J connectivity index is 3.39. The molecule has 0 aromatic heterocycles. The first-order chi connectivity index (χ1) is 3.92. The summed E-state index contributed by atoms with van der Waals surface area (Å²) in [4.78, 5) is 1.13. The lowest BCUT2D eigenvalue weighted by Crippen LogP contribution is -1.99. The third kappa shape index (κ3) is 8.79. The van der Waals surface area contributed by atoms with Crippen LogP contribution in [0.1, 0.15) is 20.8 Å². The summed E-state index contributed by atoms with van der Waals surface area (Å²) in [6, 6.07) is 0. The van der Waals surface area contributed by atoms with E-state index < -0.39 is 0 Å². The van der Waals surface area contributed by atoms with Crippen molar-refractivity contribution in [3.05, 3.63) is 11.5 Å². The van der Waals surface area contributed by atoms with Crippen molar-refractivity contribution in [3.63, 3.8) is 0 Å². The van der Waals surface area contributed by atoms with Gasteiger partial charge in [-0.1, -0.05) is 28.2 Å². The van der Waals surface area contributed by atoms with Crippen LogP contribution in [0.2, 0.25) is 0 Å². The first-order valence-electron chi connectivity index (χ1n) is 2.65. The molecule has 0 bridgehead atoms. The van der Waals surface area contributed by atoms with Crippen molar-refractivity contribution in [1.29, 1.82) is 0 Å². The molecule has 0 aliphatic carbocycles. The highest BCUT2D eigenvalue weighted by Crippen LogP contribution is 2.41. The van der Waals surface area contributed by atoms with Crippen molar-refractivity contribution in [2.24, 2.45) is 0 Å². The molecule has 0 aromatic carbocycles. The number of hydrogen-bond donors (Lipinski definition) is 1. The standard InChI is InChI=1S/C6H12S3/c1-5(2)8-9-6(3,4)7/h7H,1H2,2-4H3. The van der Waals surface area contributed by atoms with Crippen LogP contribution in [0, 0.1) is 0 Å². The molecule has 0 N–H and O–H groups in total. The molecule has 0 aliphatic heterocycles. The van der Waals surface area contributed by atoms with E-state index >= 15 is 0 Å². The van der Waals surface area contributed by atoms with Gasteiger partial charge in [0.05, 0.1) is 4.08 Å². The van der Waals surface area contributed by atoms with Crippen LogP contribution in [-0.2, 0) is 0 Å². The zero-order chi connectivity index (χ0) is 7.49. The van der Waals surface area contributed by atoms with Gasteiger partial charge in [-0.25, -0.2) is 0 Å². The minimum atomic E-state index is 0.0453. The molecule has 0 aromatic rings. The van der Waals surface area contributed by atoms with Gasteiger partial charge in [0.1, 0.15) is 0 Å². The van der Waals surface area contributed by atoms with Gasteiger partial charge in [-0.3, -0.25) is 0 Å². The molecular weight excluding hydrogens is 168 g/mol. The summed E-state index contributed by atoms with van der Waals surface area (Å²) in [5, 5.41) is 0. The van der Waals surface area contributed by atoms with Gasteiger partial charge in [-0.05, 0) is 25.7 Å². The number of rotatable bonds is 3. The van der Waals surface area contributed by atoms with Gasteiger partial charge in [0, 0.05) is 0 Å². The number of allylic oxidation sites excluding steroid dienone is 1. The molecule has 0 heterocycles. The average Bonchev–Trinajstić information content (AvgIpc) is 1.59. The molecule has 0 radical (unpaired) electrons. The lowest BCUT2D eigenvalue weighted by atomic mass is 10.6. The van der Waals surface area contributed by atoms with Crippen LogP contribution in [-0.4, -0.2) is 4.08 Å². The summed E-state index contributed by atoms with van der Waals surface area (Å²) in [5.41, 5.74) is 0. The van der Waals surface area contributed by atoms with Gasteiger partial charge in [0.25, 0.3) is 0 Å². The zero-order valence-electron chi connectivity index (χ0n) is 5.97. The fraction of sp³-hybridized carbons (Fsp3) is 0.667. The summed E-state index contributed by atoms with van der Waals surface area (Å²) in [7, 11) is 3.41. The van der Waals surface area contributed by atoms with Crippen LogP contribution >= 0.6 is 34.2 Å². The van der Waals surface area contributed by atoms with Gasteiger partial charge in [-0.2, -0.15) is 12.6 Å². The second kappa shape index (κ2) is 3.84. The Hall–Kier alpha value is 0.790. The Morgan fingerprint density at radius 2 is 2.00 bits per heavy atom. The Labute approximate surface area is 70.7 Å². The highest BCUT2D eigenvalue weighted by Gasteiger charge is 2.11. The monoisotopic (exact) mass is 180 g/mol. The van der Waals surface area contributed by atoms with E-state index in [0.29, 0.717) is 0 Å². The van der Waals surface area contributed by atoms with Crippen LogP contribution in [0.15, 0.2) is 11.5 Å². The molecule has 0 saturated carbocycles. The zero-order valence-corrected chi connectivity index (χ0v) is 8.50. The topological polar surface area (TPSA) is 0 Å². The third-order valence-corrected chi connectivity index (χ3v) is 4.16. The molecule has 0 unspecified atom stereocenters. The van der Waals surface area contributed by atoms with E-state index in [-0.39, 0.29) is 4.08 Å². The Bertz CT molecular complexity index is 101. The summed E-state index contributed by atoms with van der Waals surface area (Å²) in [6.07, 6.45) is 0. The maximum absolute atomic E-state index is 4.33. The molecule has 0 saturated heterocycles. The Morgan fingerprint density at radius 1 is 1.56 bits per heavy atom. The lowest BCUT2D eigenvalue weighted by Gasteiger charge is -2.14. The van der Waals surface area contributed by atoms with Crippen LogP contribution in [0.3, 0.4) is 0 Å². The smallest absolute Gasteiger partial charge is 0.0632 e. The molecule has 0 atom stereocenters. The highest BCUT2D eigenvalue weighted by molar-refractivity contribution is 8.79. The van der Waals surface area contributed by atoms with E-state index in [1.165, 1.54) is 0 Å². The first kappa shape index (κ1) is 9.79. The molecule has 0 spiro atoms. The molecule has 3 heteroatoms. The first-order valence-corrected chi connectivity index (χ1v) is 5.25. The maximum atomic E-state index is 4.33. The predicted molar refractivity (Wildman–Crippen MR) is 53.1 cm³/mol. The van der Waals surface area contributed by atoms with Crippen molar-refractivity contribution in [1.82, 2.24) is 0 Å². The van der Waals surface area contributed by atoms with Gasteiger partial charge in [0.15, 0.2) is 0 Å². The summed E-state index contributed by atoms with van der Waals surface area (Å²) in [6.45, 7) is 9.90. The molecule has 0 rings (SSSR count). The van der Waals surface area contributed by atoms with Crippen molar-refractivity contribution < 1.29 is 0 Å². The molecular formula is C6H12S3. The van der Waals surface area contributed by atoms with Crippen LogP contribution in [0.4, 0.5) is 0 Å².